The highest BCUT2D eigenvalue weighted by molar-refractivity contribution is 7.07. The molecule has 2 aliphatic rings. The lowest BCUT2D eigenvalue weighted by molar-refractivity contribution is 0.0637. The first-order chi connectivity index (χ1) is 11.3. The summed E-state index contributed by atoms with van der Waals surface area (Å²) in [6.07, 6.45) is 4.86. The Morgan fingerprint density at radius 1 is 1.30 bits per heavy atom. The number of carbonyl (C=O) groups is 1. The number of piperidine rings is 1. The fourth-order valence-electron chi connectivity index (χ4n) is 3.81. The summed E-state index contributed by atoms with van der Waals surface area (Å²) in [5, 5.41) is 1.85. The highest BCUT2D eigenvalue weighted by Gasteiger charge is 2.38. The van der Waals surface area contributed by atoms with Gasteiger partial charge in [0.15, 0.2) is 0 Å². The van der Waals surface area contributed by atoms with Crippen molar-refractivity contribution in [3.05, 3.63) is 46.7 Å². The fraction of sp³-hybridized carbons (Fsp3) is 0.471. The molecule has 0 aromatic carbocycles. The molecule has 2 saturated heterocycles. The number of hydrogen-bond acceptors (Lipinski definition) is 5. The molecule has 6 heteroatoms. The standard InChI is InChI=1S/C17H20N4OS/c22-17(16-11-23-12-19-16)21-5-3-14-8-20(9-15(14)10-21)7-13-2-1-4-18-6-13/h1-2,4,6,11-12,14-15H,3,5,7-10H2/t14-,15-/m0/s1. The van der Waals surface area contributed by atoms with Crippen molar-refractivity contribution in [2.24, 2.45) is 11.8 Å². The molecule has 0 radical (unpaired) electrons. The fourth-order valence-corrected chi connectivity index (χ4v) is 4.34. The summed E-state index contributed by atoms with van der Waals surface area (Å²) in [4.78, 5) is 25.3. The molecule has 0 bridgehead atoms. The molecular weight excluding hydrogens is 308 g/mol. The van der Waals surface area contributed by atoms with Gasteiger partial charge in [-0.3, -0.25) is 14.7 Å². The van der Waals surface area contributed by atoms with Crippen molar-refractivity contribution in [2.75, 3.05) is 26.2 Å². The van der Waals surface area contributed by atoms with E-state index < -0.39 is 0 Å². The van der Waals surface area contributed by atoms with Gasteiger partial charge >= 0.3 is 0 Å². The molecule has 2 aromatic rings. The highest BCUT2D eigenvalue weighted by Crippen LogP contribution is 2.32. The molecule has 1 amide bonds. The summed E-state index contributed by atoms with van der Waals surface area (Å²) in [6.45, 7) is 4.89. The van der Waals surface area contributed by atoms with Gasteiger partial charge in [0.25, 0.3) is 5.91 Å². The summed E-state index contributed by atoms with van der Waals surface area (Å²) < 4.78 is 0. The lowest BCUT2D eigenvalue weighted by Gasteiger charge is -2.34. The van der Waals surface area contributed by atoms with Crippen LogP contribution in [0.3, 0.4) is 0 Å². The maximum absolute atomic E-state index is 12.5. The van der Waals surface area contributed by atoms with E-state index in [9.17, 15) is 4.79 Å². The second-order valence-corrected chi connectivity index (χ2v) is 7.21. The quantitative estimate of drug-likeness (QED) is 0.866. The van der Waals surface area contributed by atoms with E-state index in [-0.39, 0.29) is 5.91 Å². The predicted molar refractivity (Wildman–Crippen MR) is 89.1 cm³/mol. The number of rotatable bonds is 3. The van der Waals surface area contributed by atoms with E-state index in [0.717, 1.165) is 39.1 Å². The van der Waals surface area contributed by atoms with Crippen molar-refractivity contribution in [2.45, 2.75) is 13.0 Å². The zero-order valence-electron chi connectivity index (χ0n) is 13.0. The molecule has 0 N–H and O–H groups in total. The Morgan fingerprint density at radius 3 is 3.00 bits per heavy atom. The molecule has 0 aliphatic carbocycles. The first-order valence-electron chi connectivity index (χ1n) is 8.08. The highest BCUT2D eigenvalue weighted by atomic mass is 32.1. The van der Waals surface area contributed by atoms with Gasteiger partial charge in [0.05, 0.1) is 5.51 Å². The molecular formula is C17H20N4OS. The Balaban J connectivity index is 1.38. The van der Waals surface area contributed by atoms with E-state index in [0.29, 0.717) is 17.5 Å². The van der Waals surface area contributed by atoms with Crippen LogP contribution in [-0.4, -0.2) is 51.9 Å². The van der Waals surface area contributed by atoms with Crippen molar-refractivity contribution in [3.63, 3.8) is 0 Å². The van der Waals surface area contributed by atoms with E-state index in [2.05, 4.69) is 20.9 Å². The number of nitrogens with zero attached hydrogens (tertiary/aromatic N) is 4. The lowest BCUT2D eigenvalue weighted by Crippen LogP contribution is -2.43. The molecule has 2 atom stereocenters. The summed E-state index contributed by atoms with van der Waals surface area (Å²) >= 11 is 1.48. The van der Waals surface area contributed by atoms with E-state index in [1.807, 2.05) is 28.7 Å². The molecule has 2 aromatic heterocycles. The number of pyridine rings is 1. The number of amides is 1. The van der Waals surface area contributed by atoms with Gasteiger partial charge in [-0.05, 0) is 29.9 Å². The Morgan fingerprint density at radius 2 is 2.22 bits per heavy atom. The van der Waals surface area contributed by atoms with E-state index in [1.165, 1.54) is 16.9 Å². The Kier molecular flexibility index (Phi) is 4.10. The van der Waals surface area contributed by atoms with Gasteiger partial charge in [0.1, 0.15) is 5.69 Å². The van der Waals surface area contributed by atoms with Gasteiger partial charge in [0.2, 0.25) is 0 Å². The van der Waals surface area contributed by atoms with E-state index in [1.54, 1.807) is 5.51 Å². The van der Waals surface area contributed by atoms with Gasteiger partial charge in [0, 0.05) is 50.5 Å². The van der Waals surface area contributed by atoms with Crippen LogP contribution in [0.25, 0.3) is 0 Å². The van der Waals surface area contributed by atoms with Crippen molar-refractivity contribution in [3.8, 4) is 0 Å². The van der Waals surface area contributed by atoms with Gasteiger partial charge in [-0.25, -0.2) is 4.98 Å². The molecule has 0 saturated carbocycles. The number of fused-ring (bicyclic) bond motifs is 1. The summed E-state index contributed by atoms with van der Waals surface area (Å²) in [7, 11) is 0. The van der Waals surface area contributed by atoms with E-state index >= 15 is 0 Å². The van der Waals surface area contributed by atoms with Crippen LogP contribution in [-0.2, 0) is 6.54 Å². The minimum atomic E-state index is 0.0930. The summed E-state index contributed by atoms with van der Waals surface area (Å²) in [5.41, 5.74) is 3.59. The van der Waals surface area contributed by atoms with Crippen LogP contribution in [0.2, 0.25) is 0 Å². The van der Waals surface area contributed by atoms with Crippen molar-refractivity contribution < 1.29 is 4.79 Å². The molecule has 5 nitrogen and oxygen atoms in total. The minimum Gasteiger partial charge on any atom is -0.337 e. The zero-order chi connectivity index (χ0) is 15.6. The molecule has 0 unspecified atom stereocenters. The van der Waals surface area contributed by atoms with Crippen molar-refractivity contribution in [1.82, 2.24) is 19.8 Å². The lowest BCUT2D eigenvalue weighted by atomic mass is 9.88. The molecule has 4 rings (SSSR count). The summed E-state index contributed by atoms with van der Waals surface area (Å²) in [6, 6.07) is 4.12. The molecule has 2 fully saturated rings. The van der Waals surface area contributed by atoms with Crippen LogP contribution in [0.5, 0.6) is 0 Å². The third-order valence-corrected chi connectivity index (χ3v) is 5.53. The third-order valence-electron chi connectivity index (χ3n) is 4.94. The summed E-state index contributed by atoms with van der Waals surface area (Å²) in [5.74, 6) is 1.39. The SMILES string of the molecule is O=C(c1cscn1)N1CC[C@H]2CN(Cc3cccnc3)C[C@H]2C1. The number of hydrogen-bond donors (Lipinski definition) is 0. The van der Waals surface area contributed by atoms with Crippen LogP contribution in [0, 0.1) is 11.8 Å². The zero-order valence-corrected chi connectivity index (χ0v) is 13.8. The van der Waals surface area contributed by atoms with Gasteiger partial charge in [-0.1, -0.05) is 6.07 Å². The van der Waals surface area contributed by atoms with Crippen LogP contribution in [0.1, 0.15) is 22.5 Å². The smallest absolute Gasteiger partial charge is 0.273 e. The second kappa shape index (κ2) is 6.37. The number of thiazole rings is 1. The van der Waals surface area contributed by atoms with Crippen LogP contribution in [0.15, 0.2) is 35.4 Å². The largest absolute Gasteiger partial charge is 0.337 e. The molecule has 120 valence electrons. The molecule has 4 heterocycles. The monoisotopic (exact) mass is 328 g/mol. The molecule has 2 aliphatic heterocycles. The first-order valence-corrected chi connectivity index (χ1v) is 9.02. The normalized spacial score (nSPS) is 24.6. The van der Waals surface area contributed by atoms with Gasteiger partial charge < -0.3 is 4.90 Å². The maximum Gasteiger partial charge on any atom is 0.273 e. The number of carbonyl (C=O) groups excluding carboxylic acids is 1. The topological polar surface area (TPSA) is 49.3 Å². The Bertz CT molecular complexity index is 660. The van der Waals surface area contributed by atoms with Crippen molar-refractivity contribution >= 4 is 17.2 Å². The molecule has 23 heavy (non-hydrogen) atoms. The predicted octanol–water partition coefficient (Wildman–Crippen LogP) is 2.13. The average molecular weight is 328 g/mol. The van der Waals surface area contributed by atoms with Gasteiger partial charge in [-0.15, -0.1) is 11.3 Å². The maximum atomic E-state index is 12.5. The molecule has 0 spiro atoms. The number of likely N-dealkylation sites (tertiary alicyclic amines) is 2. The Labute approximate surface area is 140 Å². The minimum absolute atomic E-state index is 0.0930. The van der Waals surface area contributed by atoms with Crippen LogP contribution >= 0.6 is 11.3 Å². The van der Waals surface area contributed by atoms with E-state index in [4.69, 9.17) is 0 Å². The second-order valence-electron chi connectivity index (χ2n) is 6.49. The van der Waals surface area contributed by atoms with Crippen molar-refractivity contribution in [1.29, 1.82) is 0 Å². The number of aromatic nitrogens is 2. The Hall–Kier alpha value is -1.79. The van der Waals surface area contributed by atoms with Crippen LogP contribution in [0.4, 0.5) is 0 Å². The van der Waals surface area contributed by atoms with Crippen LogP contribution < -0.4 is 0 Å². The third kappa shape index (κ3) is 3.14. The first kappa shape index (κ1) is 14.8. The van der Waals surface area contributed by atoms with Gasteiger partial charge in [-0.2, -0.15) is 0 Å². The average Bonchev–Trinajstić information content (AvgIpc) is 3.23.